The van der Waals surface area contributed by atoms with Gasteiger partial charge in [-0.15, -0.1) is 0 Å². The molecular formula is C18H18BrNO. The van der Waals surface area contributed by atoms with Gasteiger partial charge in [-0.1, -0.05) is 42.8 Å². The molecule has 0 bridgehead atoms. The van der Waals surface area contributed by atoms with E-state index in [1.54, 1.807) is 0 Å². The number of halogens is 1. The van der Waals surface area contributed by atoms with Crippen molar-refractivity contribution < 1.29 is 4.79 Å². The molecule has 0 saturated heterocycles. The summed E-state index contributed by atoms with van der Waals surface area (Å²) in [5.41, 5.74) is 2.78. The van der Waals surface area contributed by atoms with Gasteiger partial charge in [0.15, 0.2) is 0 Å². The van der Waals surface area contributed by atoms with E-state index < -0.39 is 0 Å². The molecule has 1 N–H and O–H groups in total. The van der Waals surface area contributed by atoms with Gasteiger partial charge in [-0.05, 0) is 59.0 Å². The van der Waals surface area contributed by atoms with Gasteiger partial charge >= 0.3 is 0 Å². The summed E-state index contributed by atoms with van der Waals surface area (Å²) in [6.45, 7) is 2.04. The Balaban J connectivity index is 1.87. The van der Waals surface area contributed by atoms with Crippen molar-refractivity contribution in [3.8, 4) is 0 Å². The lowest BCUT2D eigenvalue weighted by molar-refractivity contribution is -0.124. The van der Waals surface area contributed by atoms with E-state index in [0.717, 1.165) is 35.0 Å². The van der Waals surface area contributed by atoms with Crippen LogP contribution in [0.1, 0.15) is 30.4 Å². The van der Waals surface area contributed by atoms with E-state index in [1.165, 1.54) is 5.56 Å². The van der Waals surface area contributed by atoms with Gasteiger partial charge in [0.05, 0.1) is 11.1 Å². The second kappa shape index (κ2) is 5.64. The Morgan fingerprint density at radius 1 is 1.14 bits per heavy atom. The Morgan fingerprint density at radius 2 is 1.86 bits per heavy atom. The SMILES string of the molecule is Cc1ccc(NC(=O)C2(c3ccccc3)CCC2)c(Br)c1. The smallest absolute Gasteiger partial charge is 0.235 e. The Hall–Kier alpha value is -1.61. The number of carbonyl (C=O) groups excluding carboxylic acids is 1. The lowest BCUT2D eigenvalue weighted by Gasteiger charge is -2.40. The Bertz CT molecular complexity index is 662. The minimum absolute atomic E-state index is 0.101. The average molecular weight is 344 g/mol. The monoisotopic (exact) mass is 343 g/mol. The molecule has 1 amide bonds. The number of benzene rings is 2. The third-order valence-electron chi connectivity index (χ3n) is 4.34. The molecule has 0 spiro atoms. The van der Waals surface area contributed by atoms with Gasteiger partial charge in [-0.25, -0.2) is 0 Å². The van der Waals surface area contributed by atoms with Crippen molar-refractivity contribution in [3.05, 3.63) is 64.1 Å². The van der Waals surface area contributed by atoms with Gasteiger partial charge in [-0.3, -0.25) is 4.79 Å². The fourth-order valence-corrected chi connectivity index (χ4v) is 3.49. The highest BCUT2D eigenvalue weighted by Crippen LogP contribution is 2.44. The molecule has 1 saturated carbocycles. The zero-order valence-corrected chi connectivity index (χ0v) is 13.6. The number of anilines is 1. The van der Waals surface area contributed by atoms with Crippen molar-refractivity contribution in [2.24, 2.45) is 0 Å². The van der Waals surface area contributed by atoms with E-state index in [1.807, 2.05) is 43.3 Å². The first-order valence-electron chi connectivity index (χ1n) is 7.25. The molecule has 2 nitrogen and oxygen atoms in total. The third kappa shape index (κ3) is 2.62. The second-order valence-electron chi connectivity index (χ2n) is 5.74. The minimum atomic E-state index is -0.356. The molecule has 1 aliphatic rings. The molecule has 0 aliphatic heterocycles. The van der Waals surface area contributed by atoms with E-state index in [9.17, 15) is 4.79 Å². The summed E-state index contributed by atoms with van der Waals surface area (Å²) in [7, 11) is 0. The summed E-state index contributed by atoms with van der Waals surface area (Å²) in [6, 6.07) is 16.1. The fraction of sp³-hybridized carbons (Fsp3) is 0.278. The zero-order chi connectivity index (χ0) is 14.9. The molecule has 0 radical (unpaired) electrons. The summed E-state index contributed by atoms with van der Waals surface area (Å²) >= 11 is 3.52. The van der Waals surface area contributed by atoms with Crippen LogP contribution in [0.4, 0.5) is 5.69 Å². The molecule has 1 fully saturated rings. The van der Waals surface area contributed by atoms with E-state index in [4.69, 9.17) is 0 Å². The minimum Gasteiger partial charge on any atom is -0.324 e. The highest BCUT2D eigenvalue weighted by molar-refractivity contribution is 9.10. The number of nitrogens with one attached hydrogen (secondary N) is 1. The number of carbonyl (C=O) groups is 1. The average Bonchev–Trinajstić information content (AvgIpc) is 2.42. The molecule has 2 aromatic rings. The second-order valence-corrected chi connectivity index (χ2v) is 6.59. The molecule has 21 heavy (non-hydrogen) atoms. The van der Waals surface area contributed by atoms with Crippen LogP contribution in [-0.2, 0) is 10.2 Å². The standard InChI is InChI=1S/C18H18BrNO/c1-13-8-9-16(15(19)12-13)20-17(21)18(10-5-11-18)14-6-3-2-4-7-14/h2-4,6-9,12H,5,10-11H2,1H3,(H,20,21). The Morgan fingerprint density at radius 3 is 2.43 bits per heavy atom. The van der Waals surface area contributed by atoms with Crippen LogP contribution in [0.15, 0.2) is 53.0 Å². The lowest BCUT2D eigenvalue weighted by Crippen LogP contribution is -2.46. The highest BCUT2D eigenvalue weighted by atomic mass is 79.9. The van der Waals surface area contributed by atoms with Crippen LogP contribution in [0.25, 0.3) is 0 Å². The molecule has 108 valence electrons. The van der Waals surface area contributed by atoms with Crippen molar-refractivity contribution in [3.63, 3.8) is 0 Å². The summed E-state index contributed by atoms with van der Waals surface area (Å²) in [4.78, 5) is 12.8. The Labute approximate surface area is 133 Å². The summed E-state index contributed by atoms with van der Waals surface area (Å²) in [6.07, 6.45) is 2.95. The number of aryl methyl sites for hydroxylation is 1. The molecule has 3 heteroatoms. The van der Waals surface area contributed by atoms with Crippen LogP contribution in [0.2, 0.25) is 0 Å². The van der Waals surface area contributed by atoms with Crippen LogP contribution in [0.3, 0.4) is 0 Å². The topological polar surface area (TPSA) is 29.1 Å². The largest absolute Gasteiger partial charge is 0.324 e. The summed E-state index contributed by atoms with van der Waals surface area (Å²) < 4.78 is 0.929. The molecule has 0 heterocycles. The predicted octanol–water partition coefficient (Wildman–Crippen LogP) is 4.82. The molecule has 0 unspecified atom stereocenters. The molecule has 0 aromatic heterocycles. The summed E-state index contributed by atoms with van der Waals surface area (Å²) in [5, 5.41) is 3.09. The van der Waals surface area contributed by atoms with E-state index in [0.29, 0.717) is 0 Å². The van der Waals surface area contributed by atoms with Crippen molar-refractivity contribution in [1.82, 2.24) is 0 Å². The highest BCUT2D eigenvalue weighted by Gasteiger charge is 2.45. The number of rotatable bonds is 3. The van der Waals surface area contributed by atoms with Gasteiger partial charge in [0, 0.05) is 4.47 Å². The quantitative estimate of drug-likeness (QED) is 0.850. The molecular weight excluding hydrogens is 326 g/mol. The first kappa shape index (κ1) is 14.3. The van der Waals surface area contributed by atoms with Crippen LogP contribution < -0.4 is 5.32 Å². The van der Waals surface area contributed by atoms with Crippen molar-refractivity contribution in [2.75, 3.05) is 5.32 Å². The first-order chi connectivity index (χ1) is 10.1. The first-order valence-corrected chi connectivity index (χ1v) is 8.04. The molecule has 1 aliphatic carbocycles. The van der Waals surface area contributed by atoms with Crippen molar-refractivity contribution in [1.29, 1.82) is 0 Å². The molecule has 2 aromatic carbocycles. The third-order valence-corrected chi connectivity index (χ3v) is 5.00. The number of hydrogen-bond donors (Lipinski definition) is 1. The van der Waals surface area contributed by atoms with E-state index in [-0.39, 0.29) is 11.3 Å². The Kier molecular flexibility index (Phi) is 3.85. The maximum absolute atomic E-state index is 12.8. The maximum atomic E-state index is 12.8. The van der Waals surface area contributed by atoms with Crippen LogP contribution in [0, 0.1) is 6.92 Å². The normalized spacial score (nSPS) is 16.1. The lowest BCUT2D eigenvalue weighted by atomic mass is 9.64. The van der Waals surface area contributed by atoms with Gasteiger partial charge in [0.2, 0.25) is 5.91 Å². The van der Waals surface area contributed by atoms with Crippen molar-refractivity contribution in [2.45, 2.75) is 31.6 Å². The van der Waals surface area contributed by atoms with E-state index >= 15 is 0 Å². The van der Waals surface area contributed by atoms with E-state index in [2.05, 4.69) is 33.4 Å². The van der Waals surface area contributed by atoms with Crippen LogP contribution >= 0.6 is 15.9 Å². The van der Waals surface area contributed by atoms with Gasteiger partial charge in [-0.2, -0.15) is 0 Å². The van der Waals surface area contributed by atoms with Crippen LogP contribution in [0.5, 0.6) is 0 Å². The number of amides is 1. The predicted molar refractivity (Wildman–Crippen MR) is 89.5 cm³/mol. The number of hydrogen-bond acceptors (Lipinski definition) is 1. The maximum Gasteiger partial charge on any atom is 0.235 e. The summed E-state index contributed by atoms with van der Waals surface area (Å²) in [5.74, 6) is 0.101. The van der Waals surface area contributed by atoms with Gasteiger partial charge < -0.3 is 5.32 Å². The molecule has 3 rings (SSSR count). The zero-order valence-electron chi connectivity index (χ0n) is 12.0. The van der Waals surface area contributed by atoms with Crippen LogP contribution in [-0.4, -0.2) is 5.91 Å². The molecule has 0 atom stereocenters. The van der Waals surface area contributed by atoms with Gasteiger partial charge in [0.1, 0.15) is 0 Å². The van der Waals surface area contributed by atoms with Gasteiger partial charge in [0.25, 0.3) is 0 Å². The fourth-order valence-electron chi connectivity index (χ4n) is 2.90. The van der Waals surface area contributed by atoms with Crippen molar-refractivity contribution >= 4 is 27.5 Å².